The Morgan fingerprint density at radius 2 is 2.05 bits per heavy atom. The second kappa shape index (κ2) is 6.23. The molecule has 0 aliphatic carbocycles. The van der Waals surface area contributed by atoms with Crippen LogP contribution < -0.4 is 10.6 Å². The second-order valence-corrected chi connectivity index (χ2v) is 7.23. The minimum Gasteiger partial charge on any atom is -0.324 e. The van der Waals surface area contributed by atoms with Crippen molar-refractivity contribution in [2.24, 2.45) is 5.92 Å². The number of amides is 1. The lowest BCUT2D eigenvalue weighted by Gasteiger charge is -2.28. The molecule has 2 aliphatic heterocycles. The number of hydrogen-bond donors (Lipinski definition) is 2. The van der Waals surface area contributed by atoms with Crippen LogP contribution in [0.15, 0.2) is 16.6 Å². The maximum Gasteiger partial charge on any atom is 0.224 e. The zero-order chi connectivity index (χ0) is 15.0. The van der Waals surface area contributed by atoms with Crippen molar-refractivity contribution in [2.75, 3.05) is 5.32 Å². The average molecular weight is 376 g/mol. The molecule has 0 aromatic heterocycles. The number of carbonyl (C=O) groups is 1. The second-order valence-electron chi connectivity index (χ2n) is 5.97. The fraction of sp³-hybridized carbons (Fsp3) is 0.533. The van der Waals surface area contributed by atoms with Crippen LogP contribution in [0.4, 0.5) is 10.1 Å². The molecule has 0 spiro atoms. The van der Waals surface area contributed by atoms with Crippen LogP contribution in [-0.2, 0) is 4.79 Å². The first-order chi connectivity index (χ1) is 10.0. The van der Waals surface area contributed by atoms with Crippen molar-refractivity contribution < 1.29 is 9.18 Å². The lowest BCUT2D eigenvalue weighted by Crippen LogP contribution is -2.39. The molecule has 2 N–H and O–H groups in total. The first kappa shape index (κ1) is 15.3. The number of nitrogens with one attached hydrogen (secondary N) is 2. The van der Waals surface area contributed by atoms with E-state index in [2.05, 4.69) is 26.6 Å². The van der Waals surface area contributed by atoms with Gasteiger partial charge in [0.05, 0.1) is 10.7 Å². The van der Waals surface area contributed by atoms with E-state index in [4.69, 9.17) is 11.6 Å². The van der Waals surface area contributed by atoms with Crippen LogP contribution in [0, 0.1) is 11.7 Å². The highest BCUT2D eigenvalue weighted by Gasteiger charge is 2.34. The molecule has 1 amide bonds. The molecule has 3 nitrogen and oxygen atoms in total. The Labute approximate surface area is 136 Å². The summed E-state index contributed by atoms with van der Waals surface area (Å²) in [4.78, 5) is 12.2. The van der Waals surface area contributed by atoms with Crippen molar-refractivity contribution >= 4 is 39.1 Å². The Bertz CT molecular complexity index is 534. The predicted octanol–water partition coefficient (Wildman–Crippen LogP) is 4.10. The summed E-state index contributed by atoms with van der Waals surface area (Å²) in [5.41, 5.74) is 0.444. The number of benzene rings is 1. The van der Waals surface area contributed by atoms with Gasteiger partial charge < -0.3 is 10.6 Å². The summed E-state index contributed by atoms with van der Waals surface area (Å²) in [5.74, 6) is -0.0722. The molecule has 1 aromatic rings. The normalized spacial score (nSPS) is 27.7. The first-order valence-electron chi connectivity index (χ1n) is 7.21. The summed E-state index contributed by atoms with van der Waals surface area (Å²) in [6.07, 6.45) is 5.05. The topological polar surface area (TPSA) is 41.1 Å². The third-order valence-corrected chi connectivity index (χ3v) is 5.24. The highest BCUT2D eigenvalue weighted by molar-refractivity contribution is 9.10. The molecular weight excluding hydrogens is 359 g/mol. The molecule has 3 rings (SSSR count). The zero-order valence-corrected chi connectivity index (χ0v) is 13.8. The van der Waals surface area contributed by atoms with Crippen molar-refractivity contribution in [1.82, 2.24) is 5.32 Å². The van der Waals surface area contributed by atoms with E-state index in [0.29, 0.717) is 34.6 Å². The summed E-state index contributed by atoms with van der Waals surface area (Å²) in [5, 5.41) is 6.57. The van der Waals surface area contributed by atoms with Gasteiger partial charge in [-0.1, -0.05) is 11.6 Å². The van der Waals surface area contributed by atoms with Crippen LogP contribution in [0.3, 0.4) is 0 Å². The Hall–Kier alpha value is -0.650. The molecule has 2 aliphatic rings. The molecule has 0 radical (unpaired) electrons. The molecule has 2 bridgehead atoms. The zero-order valence-electron chi connectivity index (χ0n) is 11.5. The summed E-state index contributed by atoms with van der Waals surface area (Å²) < 4.78 is 13.6. The maximum absolute atomic E-state index is 13.2. The SMILES string of the molecule is O=C(CC1CC2CCC(C1)N2)Nc1c(Cl)cc(F)cc1Br. The van der Waals surface area contributed by atoms with E-state index in [-0.39, 0.29) is 10.9 Å². The first-order valence-corrected chi connectivity index (χ1v) is 8.39. The van der Waals surface area contributed by atoms with Gasteiger partial charge in [-0.2, -0.15) is 0 Å². The molecule has 2 unspecified atom stereocenters. The van der Waals surface area contributed by atoms with Crippen molar-refractivity contribution in [3.8, 4) is 0 Å². The van der Waals surface area contributed by atoms with E-state index in [0.717, 1.165) is 12.8 Å². The van der Waals surface area contributed by atoms with E-state index in [1.54, 1.807) is 0 Å². The number of hydrogen-bond acceptors (Lipinski definition) is 2. The summed E-state index contributed by atoms with van der Waals surface area (Å²) in [6, 6.07) is 3.64. The molecule has 21 heavy (non-hydrogen) atoms. The molecule has 2 fully saturated rings. The monoisotopic (exact) mass is 374 g/mol. The largest absolute Gasteiger partial charge is 0.324 e. The van der Waals surface area contributed by atoms with Crippen LogP contribution in [0.5, 0.6) is 0 Å². The van der Waals surface area contributed by atoms with Crippen molar-refractivity contribution in [1.29, 1.82) is 0 Å². The van der Waals surface area contributed by atoms with Crippen LogP contribution in [0.2, 0.25) is 5.02 Å². The number of anilines is 1. The smallest absolute Gasteiger partial charge is 0.224 e. The van der Waals surface area contributed by atoms with E-state index < -0.39 is 5.82 Å². The lowest BCUT2D eigenvalue weighted by atomic mass is 9.89. The Morgan fingerprint density at radius 3 is 2.67 bits per heavy atom. The fourth-order valence-electron chi connectivity index (χ4n) is 3.46. The van der Waals surface area contributed by atoms with Gasteiger partial charge in [0.25, 0.3) is 0 Å². The van der Waals surface area contributed by atoms with Crippen molar-refractivity contribution in [2.45, 2.75) is 44.2 Å². The number of carbonyl (C=O) groups excluding carboxylic acids is 1. The minimum absolute atomic E-state index is 0.0597. The number of halogens is 3. The van der Waals surface area contributed by atoms with Crippen LogP contribution in [0.25, 0.3) is 0 Å². The van der Waals surface area contributed by atoms with Gasteiger partial charge in [-0.3, -0.25) is 4.79 Å². The summed E-state index contributed by atoms with van der Waals surface area (Å²) >= 11 is 9.21. The Morgan fingerprint density at radius 1 is 1.38 bits per heavy atom. The van der Waals surface area contributed by atoms with Gasteiger partial charge in [0.15, 0.2) is 0 Å². The summed E-state index contributed by atoms with van der Waals surface area (Å²) in [6.45, 7) is 0. The molecule has 6 heteroatoms. The average Bonchev–Trinajstić information content (AvgIpc) is 2.73. The highest BCUT2D eigenvalue weighted by Crippen LogP contribution is 2.34. The van der Waals surface area contributed by atoms with Crippen molar-refractivity contribution in [3.05, 3.63) is 27.4 Å². The molecular formula is C15H17BrClFN2O. The van der Waals surface area contributed by atoms with Gasteiger partial charge in [-0.15, -0.1) is 0 Å². The number of piperidine rings is 1. The standard InChI is InChI=1S/C15H17BrClFN2O/c16-12-6-9(18)7-13(17)15(12)20-14(21)5-8-3-10-1-2-11(4-8)19-10/h6-8,10-11,19H,1-5H2,(H,20,21). The minimum atomic E-state index is -0.431. The van der Waals surface area contributed by atoms with Gasteiger partial charge in [-0.25, -0.2) is 4.39 Å². The molecule has 1 aromatic carbocycles. The third kappa shape index (κ3) is 3.58. The van der Waals surface area contributed by atoms with Crippen LogP contribution in [-0.4, -0.2) is 18.0 Å². The van der Waals surface area contributed by atoms with Gasteiger partial charge in [0.1, 0.15) is 5.82 Å². The van der Waals surface area contributed by atoms with Gasteiger partial charge in [0, 0.05) is 23.0 Å². The molecule has 2 heterocycles. The van der Waals surface area contributed by atoms with E-state index in [1.165, 1.54) is 25.0 Å². The van der Waals surface area contributed by atoms with Crippen LogP contribution in [0.1, 0.15) is 32.1 Å². The van der Waals surface area contributed by atoms with E-state index >= 15 is 0 Å². The molecule has 0 saturated carbocycles. The molecule has 2 saturated heterocycles. The fourth-order valence-corrected chi connectivity index (χ4v) is 4.35. The van der Waals surface area contributed by atoms with Crippen molar-refractivity contribution in [3.63, 3.8) is 0 Å². The predicted molar refractivity (Wildman–Crippen MR) is 85.0 cm³/mol. The third-order valence-electron chi connectivity index (χ3n) is 4.32. The van der Waals surface area contributed by atoms with Gasteiger partial charge in [-0.05, 0) is 59.7 Å². The van der Waals surface area contributed by atoms with Gasteiger partial charge in [0.2, 0.25) is 5.91 Å². The molecule has 114 valence electrons. The number of fused-ring (bicyclic) bond motifs is 2. The quantitative estimate of drug-likeness (QED) is 0.835. The maximum atomic E-state index is 13.2. The summed E-state index contributed by atoms with van der Waals surface area (Å²) in [7, 11) is 0. The number of rotatable bonds is 3. The van der Waals surface area contributed by atoms with Gasteiger partial charge >= 0.3 is 0 Å². The highest BCUT2D eigenvalue weighted by atomic mass is 79.9. The van der Waals surface area contributed by atoms with E-state index in [9.17, 15) is 9.18 Å². The van der Waals surface area contributed by atoms with Crippen LogP contribution >= 0.6 is 27.5 Å². The Kier molecular flexibility index (Phi) is 4.52. The van der Waals surface area contributed by atoms with E-state index in [1.807, 2.05) is 0 Å². The molecule has 2 atom stereocenters. The Balaban J connectivity index is 1.62. The lowest BCUT2D eigenvalue weighted by molar-refractivity contribution is -0.117.